The summed E-state index contributed by atoms with van der Waals surface area (Å²) in [5.41, 5.74) is 2.76. The van der Waals surface area contributed by atoms with E-state index in [-0.39, 0.29) is 0 Å². The van der Waals surface area contributed by atoms with Crippen LogP contribution in [0.1, 0.15) is 38.4 Å². The van der Waals surface area contributed by atoms with Gasteiger partial charge in [-0.25, -0.2) is 4.98 Å². The Kier molecular flexibility index (Phi) is 3.55. The number of aromatic nitrogens is 2. The number of fused-ring (bicyclic) bond motifs is 1. The molecule has 0 radical (unpaired) electrons. The van der Waals surface area contributed by atoms with E-state index in [1.54, 1.807) is 0 Å². The highest BCUT2D eigenvalue weighted by molar-refractivity contribution is 5.75. The molecule has 0 spiro atoms. The number of nitrogens with zero attached hydrogens (tertiary/aromatic N) is 2. The van der Waals surface area contributed by atoms with Gasteiger partial charge < -0.3 is 9.88 Å². The van der Waals surface area contributed by atoms with Crippen molar-refractivity contribution in [3.05, 3.63) is 30.1 Å². The SMILES string of the molecule is CNC(Cc1nc2ccccc2n1C)C1(C)CCCC1. The van der Waals surface area contributed by atoms with Gasteiger partial charge in [0.1, 0.15) is 5.82 Å². The van der Waals surface area contributed by atoms with Crippen molar-refractivity contribution in [1.29, 1.82) is 0 Å². The minimum atomic E-state index is 0.423. The molecule has 1 saturated carbocycles. The van der Waals surface area contributed by atoms with Crippen LogP contribution in [-0.2, 0) is 13.5 Å². The van der Waals surface area contributed by atoms with Crippen molar-refractivity contribution in [2.45, 2.75) is 45.1 Å². The first-order chi connectivity index (χ1) is 9.64. The molecule has 0 amide bonds. The van der Waals surface area contributed by atoms with Gasteiger partial charge in [0.25, 0.3) is 0 Å². The Morgan fingerprint density at radius 2 is 2.00 bits per heavy atom. The topological polar surface area (TPSA) is 29.9 Å². The molecule has 0 aliphatic heterocycles. The molecule has 1 aromatic carbocycles. The summed E-state index contributed by atoms with van der Waals surface area (Å²) in [6.07, 6.45) is 6.43. The standard InChI is InChI=1S/C17H25N3/c1-17(10-6-7-11-17)15(18-2)12-16-19-13-8-4-5-9-14(13)20(16)3/h4-5,8-9,15,18H,6-7,10-12H2,1-3H3. The van der Waals surface area contributed by atoms with Gasteiger partial charge in [-0.15, -0.1) is 0 Å². The third-order valence-corrected chi connectivity index (χ3v) is 5.20. The van der Waals surface area contributed by atoms with E-state index in [0.717, 1.165) is 11.9 Å². The Morgan fingerprint density at radius 1 is 1.30 bits per heavy atom. The first-order valence-corrected chi connectivity index (χ1v) is 7.72. The van der Waals surface area contributed by atoms with Crippen molar-refractivity contribution in [2.24, 2.45) is 12.5 Å². The minimum absolute atomic E-state index is 0.423. The largest absolute Gasteiger partial charge is 0.331 e. The lowest BCUT2D eigenvalue weighted by Crippen LogP contribution is -2.42. The zero-order chi connectivity index (χ0) is 14.2. The van der Waals surface area contributed by atoms with E-state index in [4.69, 9.17) is 4.98 Å². The molecule has 1 unspecified atom stereocenters. The van der Waals surface area contributed by atoms with Gasteiger partial charge in [-0.05, 0) is 37.4 Å². The van der Waals surface area contributed by atoms with Gasteiger partial charge in [-0.3, -0.25) is 0 Å². The molecule has 1 fully saturated rings. The summed E-state index contributed by atoms with van der Waals surface area (Å²) in [7, 11) is 4.23. The van der Waals surface area contributed by atoms with Crippen LogP contribution in [0.3, 0.4) is 0 Å². The summed E-state index contributed by atoms with van der Waals surface area (Å²) in [5, 5.41) is 3.55. The van der Waals surface area contributed by atoms with E-state index < -0.39 is 0 Å². The van der Waals surface area contributed by atoms with Gasteiger partial charge in [-0.1, -0.05) is 31.9 Å². The molecule has 1 N–H and O–H groups in total. The molecule has 1 heterocycles. The first kappa shape index (κ1) is 13.6. The number of benzene rings is 1. The molecule has 0 saturated heterocycles. The van der Waals surface area contributed by atoms with Crippen LogP contribution < -0.4 is 5.32 Å². The second-order valence-corrected chi connectivity index (χ2v) is 6.48. The van der Waals surface area contributed by atoms with Gasteiger partial charge in [0.2, 0.25) is 0 Å². The minimum Gasteiger partial charge on any atom is -0.331 e. The quantitative estimate of drug-likeness (QED) is 0.925. The second kappa shape index (κ2) is 5.21. The van der Waals surface area contributed by atoms with E-state index in [9.17, 15) is 0 Å². The number of aryl methyl sites for hydroxylation is 1. The third-order valence-electron chi connectivity index (χ3n) is 5.20. The normalized spacial score (nSPS) is 19.6. The fourth-order valence-electron chi connectivity index (χ4n) is 3.79. The van der Waals surface area contributed by atoms with Gasteiger partial charge in [0.15, 0.2) is 0 Å². The number of likely N-dealkylation sites (N-methyl/N-ethyl adjacent to an activating group) is 1. The summed E-state index contributed by atoms with van der Waals surface area (Å²) in [4.78, 5) is 4.83. The maximum Gasteiger partial charge on any atom is 0.111 e. The van der Waals surface area contributed by atoms with Crippen molar-refractivity contribution in [3.63, 3.8) is 0 Å². The van der Waals surface area contributed by atoms with Crippen LogP contribution in [0.4, 0.5) is 0 Å². The monoisotopic (exact) mass is 271 g/mol. The molecule has 2 aromatic rings. The molecule has 0 bridgehead atoms. The van der Waals surface area contributed by atoms with Crippen LogP contribution in [0, 0.1) is 5.41 Å². The number of rotatable bonds is 4. The van der Waals surface area contributed by atoms with Crippen molar-refractivity contribution in [1.82, 2.24) is 14.9 Å². The number of para-hydroxylation sites is 2. The van der Waals surface area contributed by atoms with Crippen molar-refractivity contribution < 1.29 is 0 Å². The van der Waals surface area contributed by atoms with Gasteiger partial charge in [-0.2, -0.15) is 0 Å². The lowest BCUT2D eigenvalue weighted by molar-refractivity contribution is 0.226. The fourth-order valence-corrected chi connectivity index (χ4v) is 3.79. The van der Waals surface area contributed by atoms with Crippen molar-refractivity contribution in [3.8, 4) is 0 Å². The summed E-state index contributed by atoms with van der Waals surface area (Å²) >= 11 is 0. The molecule has 1 aliphatic carbocycles. The average molecular weight is 271 g/mol. The van der Waals surface area contributed by atoms with Gasteiger partial charge in [0.05, 0.1) is 11.0 Å². The van der Waals surface area contributed by atoms with E-state index in [0.29, 0.717) is 11.5 Å². The van der Waals surface area contributed by atoms with E-state index in [1.807, 2.05) is 0 Å². The molecule has 1 aliphatic rings. The highest BCUT2D eigenvalue weighted by atomic mass is 15.1. The molecule has 3 nitrogen and oxygen atoms in total. The molecular weight excluding hydrogens is 246 g/mol. The van der Waals surface area contributed by atoms with Crippen molar-refractivity contribution in [2.75, 3.05) is 7.05 Å². The third kappa shape index (κ3) is 2.24. The molecule has 1 atom stereocenters. The van der Waals surface area contributed by atoms with E-state index in [1.165, 1.54) is 37.0 Å². The molecule has 3 heteroatoms. The number of imidazole rings is 1. The molecule has 108 valence electrons. The maximum absolute atomic E-state index is 4.83. The number of hydrogen-bond donors (Lipinski definition) is 1. The number of hydrogen-bond acceptors (Lipinski definition) is 2. The Labute approximate surface area is 121 Å². The zero-order valence-corrected chi connectivity index (χ0v) is 12.8. The van der Waals surface area contributed by atoms with Crippen LogP contribution in [0.25, 0.3) is 11.0 Å². The van der Waals surface area contributed by atoms with Crippen LogP contribution >= 0.6 is 0 Å². The van der Waals surface area contributed by atoms with Crippen LogP contribution in [0.5, 0.6) is 0 Å². The zero-order valence-electron chi connectivity index (χ0n) is 12.8. The smallest absolute Gasteiger partial charge is 0.111 e. The van der Waals surface area contributed by atoms with E-state index >= 15 is 0 Å². The van der Waals surface area contributed by atoms with Gasteiger partial charge in [0, 0.05) is 19.5 Å². The maximum atomic E-state index is 4.83. The van der Waals surface area contributed by atoms with Crippen LogP contribution in [0.15, 0.2) is 24.3 Å². The molecule has 20 heavy (non-hydrogen) atoms. The van der Waals surface area contributed by atoms with E-state index in [2.05, 4.69) is 55.2 Å². The Morgan fingerprint density at radius 3 is 2.65 bits per heavy atom. The molecule has 3 rings (SSSR count). The van der Waals surface area contributed by atoms with Crippen LogP contribution in [0.2, 0.25) is 0 Å². The summed E-state index contributed by atoms with van der Waals surface area (Å²) in [6, 6.07) is 8.91. The highest BCUT2D eigenvalue weighted by Crippen LogP contribution is 2.41. The summed E-state index contributed by atoms with van der Waals surface area (Å²) < 4.78 is 2.25. The van der Waals surface area contributed by atoms with Crippen molar-refractivity contribution >= 4 is 11.0 Å². The predicted molar refractivity (Wildman–Crippen MR) is 83.8 cm³/mol. The highest BCUT2D eigenvalue weighted by Gasteiger charge is 2.36. The lowest BCUT2D eigenvalue weighted by Gasteiger charge is -2.33. The average Bonchev–Trinajstić information content (AvgIpc) is 3.02. The van der Waals surface area contributed by atoms with Crippen LogP contribution in [-0.4, -0.2) is 22.6 Å². The Bertz CT molecular complexity index is 593. The predicted octanol–water partition coefficient (Wildman–Crippen LogP) is 3.28. The summed E-state index contributed by atoms with van der Waals surface area (Å²) in [6.45, 7) is 2.43. The fraction of sp³-hybridized carbons (Fsp3) is 0.588. The Hall–Kier alpha value is -1.35. The molecule has 1 aromatic heterocycles. The molecular formula is C17H25N3. The summed E-state index contributed by atoms with van der Waals surface area (Å²) in [5.74, 6) is 1.19. The Balaban J connectivity index is 1.89. The van der Waals surface area contributed by atoms with Gasteiger partial charge >= 0.3 is 0 Å². The second-order valence-electron chi connectivity index (χ2n) is 6.48. The number of nitrogens with one attached hydrogen (secondary N) is 1. The first-order valence-electron chi connectivity index (χ1n) is 7.72. The lowest BCUT2D eigenvalue weighted by atomic mass is 9.79.